The van der Waals surface area contributed by atoms with Gasteiger partial charge in [-0.2, -0.15) is 5.26 Å². The van der Waals surface area contributed by atoms with Crippen molar-refractivity contribution >= 4 is 17.5 Å². The van der Waals surface area contributed by atoms with Crippen LogP contribution in [-0.2, 0) is 19.1 Å². The lowest BCUT2D eigenvalue weighted by Gasteiger charge is -2.69. The molecule has 0 amide bonds. The molecule has 5 aliphatic rings. The Kier molecular flexibility index (Phi) is 5.47. The molecule has 0 aliphatic heterocycles. The molecular weight excluding hydrogens is 462 g/mol. The van der Waals surface area contributed by atoms with E-state index < -0.39 is 16.2 Å². The molecule has 5 nitrogen and oxygen atoms in total. The zero-order chi connectivity index (χ0) is 27.4. The monoisotopic (exact) mass is 505 g/mol. The average Bonchev–Trinajstić information content (AvgIpc) is 2.83. The van der Waals surface area contributed by atoms with Gasteiger partial charge in [0.1, 0.15) is 6.07 Å². The van der Waals surface area contributed by atoms with Crippen LogP contribution in [0.25, 0.3) is 0 Å². The molecule has 200 valence electrons. The largest absolute Gasteiger partial charge is 0.469 e. The van der Waals surface area contributed by atoms with E-state index in [1.165, 1.54) is 12.7 Å². The van der Waals surface area contributed by atoms with Crippen molar-refractivity contribution in [2.24, 2.45) is 50.2 Å². The predicted octanol–water partition coefficient (Wildman–Crippen LogP) is 6.38. The molecule has 0 aromatic carbocycles. The van der Waals surface area contributed by atoms with Gasteiger partial charge in [-0.05, 0) is 86.0 Å². The zero-order valence-electron chi connectivity index (χ0n) is 23.9. The lowest BCUT2D eigenvalue weighted by molar-refractivity contribution is -0.172. The summed E-state index contributed by atoms with van der Waals surface area (Å²) >= 11 is 0. The van der Waals surface area contributed by atoms with E-state index in [-0.39, 0.29) is 57.1 Å². The fourth-order valence-electron chi connectivity index (χ4n) is 10.2. The summed E-state index contributed by atoms with van der Waals surface area (Å²) < 4.78 is 5.23. The Bertz CT molecular complexity index is 1200. The molecule has 0 N–H and O–H groups in total. The number of hydrogen-bond acceptors (Lipinski definition) is 5. The molecule has 5 rings (SSSR count). The summed E-state index contributed by atoms with van der Waals surface area (Å²) in [5, 5.41) is 9.86. The number of hydrogen-bond donors (Lipinski definition) is 0. The van der Waals surface area contributed by atoms with Gasteiger partial charge in [-0.1, -0.05) is 53.2 Å². The molecule has 37 heavy (non-hydrogen) atoms. The van der Waals surface area contributed by atoms with Crippen molar-refractivity contribution in [2.75, 3.05) is 7.11 Å². The third-order valence-corrected chi connectivity index (χ3v) is 12.7. The summed E-state index contributed by atoms with van der Waals surface area (Å²) in [5.41, 5.74) is -0.770. The summed E-state index contributed by atoms with van der Waals surface area (Å²) in [7, 11) is 1.47. The maximum Gasteiger partial charge on any atom is 0.311 e. The smallest absolute Gasteiger partial charge is 0.311 e. The van der Waals surface area contributed by atoms with Crippen molar-refractivity contribution in [3.8, 4) is 6.07 Å². The van der Waals surface area contributed by atoms with E-state index in [2.05, 4.69) is 33.8 Å². The Morgan fingerprint density at radius 1 is 1.00 bits per heavy atom. The molecule has 0 heterocycles. The highest BCUT2D eigenvalue weighted by atomic mass is 16.5. The number of carbonyl (C=O) groups excluding carboxylic acids is 3. The molecule has 0 unspecified atom stereocenters. The molecule has 0 bridgehead atoms. The Labute approximate surface area is 222 Å². The lowest BCUT2D eigenvalue weighted by Crippen LogP contribution is -2.65. The number of esters is 1. The van der Waals surface area contributed by atoms with Crippen LogP contribution in [0.3, 0.4) is 0 Å². The van der Waals surface area contributed by atoms with E-state index in [4.69, 9.17) is 4.74 Å². The summed E-state index contributed by atoms with van der Waals surface area (Å²) in [5.74, 6) is -0.227. The molecule has 0 aromatic heterocycles. The lowest BCUT2D eigenvalue weighted by atomic mass is 9.34. The summed E-state index contributed by atoms with van der Waals surface area (Å²) in [6.07, 6.45) is 10.1. The van der Waals surface area contributed by atoms with Crippen LogP contribution in [0, 0.1) is 61.6 Å². The second-order valence-electron chi connectivity index (χ2n) is 14.8. The number of nitrogens with zero attached hydrogens (tertiary/aromatic N) is 1. The molecule has 8 atom stereocenters. The number of carbonyl (C=O) groups is 3. The van der Waals surface area contributed by atoms with Gasteiger partial charge in [0.25, 0.3) is 0 Å². The van der Waals surface area contributed by atoms with Gasteiger partial charge in [0, 0.05) is 16.7 Å². The normalized spacial score (nSPS) is 48.2. The van der Waals surface area contributed by atoms with Gasteiger partial charge in [0.15, 0.2) is 11.6 Å². The second kappa shape index (κ2) is 7.67. The number of methoxy groups -OCH3 is 1. The molecular formula is C32H43NO4. The van der Waals surface area contributed by atoms with Crippen LogP contribution in [0.15, 0.2) is 23.3 Å². The average molecular weight is 506 g/mol. The van der Waals surface area contributed by atoms with Crippen LogP contribution >= 0.6 is 0 Å². The number of nitriles is 1. The van der Waals surface area contributed by atoms with Crippen LogP contribution in [0.1, 0.15) is 93.4 Å². The van der Waals surface area contributed by atoms with Gasteiger partial charge >= 0.3 is 5.97 Å². The van der Waals surface area contributed by atoms with Crippen molar-refractivity contribution in [3.05, 3.63) is 23.3 Å². The summed E-state index contributed by atoms with van der Waals surface area (Å²) in [6, 6.07) is 2.16. The highest BCUT2D eigenvalue weighted by Crippen LogP contribution is 2.74. The van der Waals surface area contributed by atoms with Crippen molar-refractivity contribution in [3.63, 3.8) is 0 Å². The number of ether oxygens (including phenoxy) is 1. The van der Waals surface area contributed by atoms with Crippen molar-refractivity contribution < 1.29 is 19.1 Å². The van der Waals surface area contributed by atoms with Gasteiger partial charge in [0.05, 0.1) is 18.1 Å². The Morgan fingerprint density at radius 3 is 2.27 bits per heavy atom. The third-order valence-electron chi connectivity index (χ3n) is 12.7. The molecule has 3 fully saturated rings. The van der Waals surface area contributed by atoms with Crippen molar-refractivity contribution in [2.45, 2.75) is 93.4 Å². The van der Waals surface area contributed by atoms with E-state index >= 15 is 0 Å². The van der Waals surface area contributed by atoms with Crippen LogP contribution in [0.2, 0.25) is 0 Å². The van der Waals surface area contributed by atoms with Crippen LogP contribution in [0.5, 0.6) is 0 Å². The van der Waals surface area contributed by atoms with Gasteiger partial charge < -0.3 is 4.74 Å². The maximum absolute atomic E-state index is 14.3. The van der Waals surface area contributed by atoms with Crippen molar-refractivity contribution in [1.82, 2.24) is 0 Å². The molecule has 5 heteroatoms. The van der Waals surface area contributed by atoms with Crippen LogP contribution < -0.4 is 0 Å². The van der Waals surface area contributed by atoms with Crippen molar-refractivity contribution in [1.29, 1.82) is 5.26 Å². The maximum atomic E-state index is 14.3. The molecule has 5 aliphatic carbocycles. The van der Waals surface area contributed by atoms with E-state index in [0.717, 1.165) is 38.5 Å². The van der Waals surface area contributed by atoms with Gasteiger partial charge in [-0.25, -0.2) is 0 Å². The first-order valence-corrected chi connectivity index (χ1v) is 14.1. The van der Waals surface area contributed by atoms with Gasteiger partial charge in [-0.3, -0.25) is 14.4 Å². The van der Waals surface area contributed by atoms with Gasteiger partial charge in [-0.15, -0.1) is 0 Å². The molecule has 0 radical (unpaired) electrons. The minimum absolute atomic E-state index is 0.0105. The van der Waals surface area contributed by atoms with Gasteiger partial charge in [0.2, 0.25) is 0 Å². The van der Waals surface area contributed by atoms with E-state index in [1.54, 1.807) is 0 Å². The standard InChI is InChI=1S/C32H43NO4/c1-27(2)23-9-10-32(7)24(30(23,5)16-19(18-33)25(27)35)22(34)15-20-21-17-29(4,26(36)37-8)12-11-28(21,3)13-14-31(20,32)6/h15-16,21,23-24H,9-14,17H2,1-8H3/t21-,23-,24+,28+,29-,30-,31+,32+/m0/s1. The third kappa shape index (κ3) is 3.11. The summed E-state index contributed by atoms with van der Waals surface area (Å²) in [6.45, 7) is 15.1. The van der Waals surface area contributed by atoms with E-state index in [9.17, 15) is 19.6 Å². The number of rotatable bonds is 1. The first-order valence-electron chi connectivity index (χ1n) is 14.1. The minimum Gasteiger partial charge on any atom is -0.469 e. The van der Waals surface area contributed by atoms with Crippen LogP contribution in [0.4, 0.5) is 0 Å². The predicted molar refractivity (Wildman–Crippen MR) is 141 cm³/mol. The SMILES string of the molecule is COC(=O)[C@@]1(C)CC[C@]2(C)CC[C@]3(C)C(=CC(=O)[C@@H]4[C@@]5(C)C=C(C#N)C(=O)C(C)(C)[C@@H]5CC[C@]43C)[C@@H]2C1. The summed E-state index contributed by atoms with van der Waals surface area (Å²) in [4.78, 5) is 40.4. The Morgan fingerprint density at radius 2 is 1.65 bits per heavy atom. The molecule has 3 saturated carbocycles. The number of Topliss-reactive ketones (excluding diaryl/α,β-unsaturated/α-hetero) is 1. The number of ketones is 2. The van der Waals surface area contributed by atoms with Crippen LogP contribution in [-0.4, -0.2) is 24.6 Å². The number of allylic oxidation sites excluding steroid dienone is 4. The fourth-order valence-corrected chi connectivity index (χ4v) is 10.2. The minimum atomic E-state index is -0.683. The quantitative estimate of drug-likeness (QED) is 0.386. The Hall–Kier alpha value is -2.22. The first-order chi connectivity index (χ1) is 17.0. The van der Waals surface area contributed by atoms with E-state index in [1.807, 2.05) is 32.9 Å². The molecule has 0 spiro atoms. The second-order valence-corrected chi connectivity index (χ2v) is 14.8. The van der Waals surface area contributed by atoms with E-state index in [0.29, 0.717) is 6.42 Å². The molecule has 0 aromatic rings. The highest BCUT2D eigenvalue weighted by molar-refractivity contribution is 6.05. The zero-order valence-corrected chi connectivity index (χ0v) is 23.9. The fraction of sp³-hybridized carbons (Fsp3) is 0.750. The molecule has 0 saturated heterocycles. The first kappa shape index (κ1) is 26.4. The topological polar surface area (TPSA) is 84.2 Å². The Balaban J connectivity index is 1.67. The number of fused-ring (bicyclic) bond motifs is 7. The highest BCUT2D eigenvalue weighted by Gasteiger charge is 2.70.